The first kappa shape index (κ1) is 11.4. The monoisotopic (exact) mass is 257 g/mol. The maximum absolute atomic E-state index is 11.8. The summed E-state index contributed by atoms with van der Waals surface area (Å²) in [6.07, 6.45) is 9.97. The number of hydrogen-bond acceptors (Lipinski definition) is 2. The van der Waals surface area contributed by atoms with Gasteiger partial charge < -0.3 is 5.11 Å². The third kappa shape index (κ3) is 1.50. The molecule has 0 saturated heterocycles. The van der Waals surface area contributed by atoms with Crippen molar-refractivity contribution in [1.29, 1.82) is 0 Å². The molecule has 0 radical (unpaired) electrons. The number of aromatic nitrogens is 1. The van der Waals surface area contributed by atoms with Crippen LogP contribution < -0.4 is 0 Å². The molecule has 4 saturated carbocycles. The molecule has 100 valence electrons. The fraction of sp³-hybridized carbons (Fsp3) is 0.625. The molecule has 1 N–H and O–H groups in total. The van der Waals surface area contributed by atoms with Gasteiger partial charge in [0.25, 0.3) is 0 Å². The molecule has 19 heavy (non-hydrogen) atoms. The van der Waals surface area contributed by atoms with Gasteiger partial charge in [0.15, 0.2) is 0 Å². The van der Waals surface area contributed by atoms with E-state index in [4.69, 9.17) is 0 Å². The van der Waals surface area contributed by atoms with Crippen molar-refractivity contribution >= 4 is 5.97 Å². The fourth-order valence-electron chi connectivity index (χ4n) is 5.56. The Morgan fingerprint density at radius 3 is 2.37 bits per heavy atom. The van der Waals surface area contributed by atoms with Gasteiger partial charge >= 0.3 is 5.97 Å². The molecule has 5 rings (SSSR count). The molecule has 0 spiro atoms. The Bertz CT molecular complexity index is 511. The Morgan fingerprint density at radius 1 is 1.16 bits per heavy atom. The van der Waals surface area contributed by atoms with Gasteiger partial charge in [0.05, 0.1) is 5.41 Å². The molecule has 4 fully saturated rings. The standard InChI is InChI=1S/C16H19NO2/c18-14(19)16-8-11-5-12(9-16)7-15(6-11,10-16)13-1-3-17-4-2-13/h1-4,11-12H,5-10H2,(H,18,19). The normalized spacial score (nSPS) is 43.4. The number of carbonyl (C=O) groups is 1. The van der Waals surface area contributed by atoms with E-state index in [-0.39, 0.29) is 5.41 Å². The van der Waals surface area contributed by atoms with E-state index in [9.17, 15) is 9.90 Å². The zero-order valence-electron chi connectivity index (χ0n) is 11.0. The van der Waals surface area contributed by atoms with Crippen LogP contribution in [0.4, 0.5) is 0 Å². The minimum atomic E-state index is -0.556. The highest BCUT2D eigenvalue weighted by molar-refractivity contribution is 5.75. The molecule has 4 bridgehead atoms. The Labute approximate surface area is 113 Å². The lowest BCUT2D eigenvalue weighted by atomic mass is 9.43. The van der Waals surface area contributed by atoms with E-state index in [1.165, 1.54) is 24.8 Å². The maximum atomic E-state index is 11.8. The van der Waals surface area contributed by atoms with Crippen LogP contribution in [0, 0.1) is 17.3 Å². The largest absolute Gasteiger partial charge is 0.481 e. The second-order valence-electron chi connectivity index (χ2n) is 7.06. The topological polar surface area (TPSA) is 50.2 Å². The van der Waals surface area contributed by atoms with Crippen molar-refractivity contribution in [2.24, 2.45) is 17.3 Å². The first-order chi connectivity index (χ1) is 9.12. The van der Waals surface area contributed by atoms with Crippen molar-refractivity contribution < 1.29 is 9.90 Å². The lowest BCUT2D eigenvalue weighted by molar-refractivity contribution is -0.167. The summed E-state index contributed by atoms with van der Waals surface area (Å²) in [5.41, 5.74) is 1.00. The van der Waals surface area contributed by atoms with Crippen molar-refractivity contribution in [3.8, 4) is 0 Å². The molecular formula is C16H19NO2. The van der Waals surface area contributed by atoms with E-state index in [0.29, 0.717) is 11.8 Å². The third-order valence-corrected chi connectivity index (χ3v) is 5.81. The van der Waals surface area contributed by atoms with Gasteiger partial charge in [0.2, 0.25) is 0 Å². The van der Waals surface area contributed by atoms with Crippen LogP contribution in [0.2, 0.25) is 0 Å². The summed E-state index contributed by atoms with van der Waals surface area (Å²) in [6.45, 7) is 0. The molecule has 2 unspecified atom stereocenters. The second-order valence-corrected chi connectivity index (χ2v) is 7.06. The van der Waals surface area contributed by atoms with Gasteiger partial charge in [-0.1, -0.05) is 0 Å². The smallest absolute Gasteiger partial charge is 0.309 e. The van der Waals surface area contributed by atoms with E-state index in [1.54, 1.807) is 0 Å². The first-order valence-electron chi connectivity index (χ1n) is 7.26. The molecule has 1 aromatic rings. The summed E-state index contributed by atoms with van der Waals surface area (Å²) in [5.74, 6) is 0.677. The number of carboxylic acids is 1. The van der Waals surface area contributed by atoms with E-state index < -0.39 is 11.4 Å². The lowest BCUT2D eigenvalue weighted by Gasteiger charge is -2.60. The number of aliphatic carboxylic acids is 1. The Hall–Kier alpha value is -1.38. The van der Waals surface area contributed by atoms with Crippen molar-refractivity contribution in [2.45, 2.75) is 43.9 Å². The summed E-state index contributed by atoms with van der Waals surface area (Å²) >= 11 is 0. The van der Waals surface area contributed by atoms with Gasteiger partial charge in [-0.2, -0.15) is 0 Å². The third-order valence-electron chi connectivity index (χ3n) is 5.81. The average Bonchev–Trinajstić information content (AvgIpc) is 2.38. The maximum Gasteiger partial charge on any atom is 0.309 e. The zero-order chi connectivity index (χ0) is 13.1. The van der Waals surface area contributed by atoms with Gasteiger partial charge in [-0.05, 0) is 73.5 Å². The molecular weight excluding hydrogens is 238 g/mol. The number of rotatable bonds is 2. The number of pyridine rings is 1. The quantitative estimate of drug-likeness (QED) is 0.886. The van der Waals surface area contributed by atoms with Crippen LogP contribution in [-0.2, 0) is 10.2 Å². The van der Waals surface area contributed by atoms with Crippen LogP contribution in [0.5, 0.6) is 0 Å². The highest BCUT2D eigenvalue weighted by atomic mass is 16.4. The van der Waals surface area contributed by atoms with E-state index in [1.807, 2.05) is 12.4 Å². The van der Waals surface area contributed by atoms with Crippen LogP contribution in [0.15, 0.2) is 24.5 Å². The average molecular weight is 257 g/mol. The predicted octanol–water partition coefficient (Wildman–Crippen LogP) is 3.00. The van der Waals surface area contributed by atoms with Crippen LogP contribution in [0.25, 0.3) is 0 Å². The molecule has 4 aliphatic carbocycles. The van der Waals surface area contributed by atoms with Gasteiger partial charge in [-0.3, -0.25) is 9.78 Å². The van der Waals surface area contributed by atoms with Crippen LogP contribution >= 0.6 is 0 Å². The Balaban J connectivity index is 1.80. The van der Waals surface area contributed by atoms with Crippen molar-refractivity contribution in [3.63, 3.8) is 0 Å². The minimum absolute atomic E-state index is 0.116. The van der Waals surface area contributed by atoms with E-state index >= 15 is 0 Å². The SMILES string of the molecule is O=C(O)C12CC3CC(C1)CC(c1ccncc1)(C3)C2. The fourth-order valence-corrected chi connectivity index (χ4v) is 5.56. The number of nitrogens with zero attached hydrogens (tertiary/aromatic N) is 1. The van der Waals surface area contributed by atoms with Crippen molar-refractivity contribution in [2.75, 3.05) is 0 Å². The van der Waals surface area contributed by atoms with Gasteiger partial charge in [0.1, 0.15) is 0 Å². The van der Waals surface area contributed by atoms with Gasteiger partial charge in [-0.15, -0.1) is 0 Å². The summed E-state index contributed by atoms with van der Waals surface area (Å²) < 4.78 is 0. The Morgan fingerprint density at radius 2 is 1.79 bits per heavy atom. The van der Waals surface area contributed by atoms with Crippen LogP contribution in [0.1, 0.15) is 44.1 Å². The second kappa shape index (κ2) is 3.59. The number of carboxylic acid groups (broad SMARTS) is 1. The summed E-state index contributed by atoms with van der Waals surface area (Å²) in [6, 6.07) is 4.20. The van der Waals surface area contributed by atoms with Crippen LogP contribution in [0.3, 0.4) is 0 Å². The van der Waals surface area contributed by atoms with Gasteiger partial charge in [-0.25, -0.2) is 0 Å². The molecule has 1 heterocycles. The molecule has 0 aromatic carbocycles. The molecule has 0 amide bonds. The van der Waals surface area contributed by atoms with Crippen molar-refractivity contribution in [3.05, 3.63) is 30.1 Å². The van der Waals surface area contributed by atoms with E-state index in [2.05, 4.69) is 17.1 Å². The molecule has 2 atom stereocenters. The molecule has 3 nitrogen and oxygen atoms in total. The molecule has 3 heteroatoms. The molecule has 0 aliphatic heterocycles. The highest BCUT2D eigenvalue weighted by Gasteiger charge is 2.61. The highest BCUT2D eigenvalue weighted by Crippen LogP contribution is 2.65. The summed E-state index contributed by atoms with van der Waals surface area (Å²) in [4.78, 5) is 15.9. The minimum Gasteiger partial charge on any atom is -0.481 e. The number of hydrogen-bond donors (Lipinski definition) is 1. The van der Waals surface area contributed by atoms with Gasteiger partial charge in [0, 0.05) is 12.4 Å². The first-order valence-corrected chi connectivity index (χ1v) is 7.26. The summed E-state index contributed by atoms with van der Waals surface area (Å²) in [7, 11) is 0. The van der Waals surface area contributed by atoms with Crippen molar-refractivity contribution in [1.82, 2.24) is 4.98 Å². The zero-order valence-corrected chi connectivity index (χ0v) is 11.0. The molecule has 1 aromatic heterocycles. The lowest BCUT2D eigenvalue weighted by Crippen LogP contribution is -2.56. The predicted molar refractivity (Wildman–Crippen MR) is 70.7 cm³/mol. The molecule has 4 aliphatic rings. The van der Waals surface area contributed by atoms with E-state index in [0.717, 1.165) is 19.3 Å². The summed E-state index contributed by atoms with van der Waals surface area (Å²) in [5, 5.41) is 9.73. The van der Waals surface area contributed by atoms with Crippen LogP contribution in [-0.4, -0.2) is 16.1 Å². The Kier molecular flexibility index (Phi) is 2.16.